The number of hydrogen-bond acceptors (Lipinski definition) is 3. The van der Waals surface area contributed by atoms with Crippen LogP contribution in [0, 0.1) is 0 Å². The van der Waals surface area contributed by atoms with E-state index in [9.17, 15) is 4.79 Å². The van der Waals surface area contributed by atoms with E-state index in [2.05, 4.69) is 9.97 Å². The van der Waals surface area contributed by atoms with E-state index in [1.54, 1.807) is 0 Å². The van der Waals surface area contributed by atoms with E-state index < -0.39 is 0 Å². The minimum Gasteiger partial charge on any atom is -0.378 e. The third-order valence-electron chi connectivity index (χ3n) is 1.28. The molecule has 2 aromatic heterocycles. The van der Waals surface area contributed by atoms with Crippen molar-refractivity contribution in [3.63, 3.8) is 0 Å². The maximum atomic E-state index is 10.9. The highest BCUT2D eigenvalue weighted by Gasteiger charge is 2.00. The van der Waals surface area contributed by atoms with E-state index in [1.165, 1.54) is 24.9 Å². The lowest BCUT2D eigenvalue weighted by Crippen LogP contribution is -2.10. The van der Waals surface area contributed by atoms with Gasteiger partial charge in [-0.2, -0.15) is 0 Å². The average Bonchev–Trinajstić information content (AvgIpc) is 2.55. The van der Waals surface area contributed by atoms with Gasteiger partial charge in [0.15, 0.2) is 5.82 Å². The molecule has 0 aliphatic rings. The first-order valence-corrected chi connectivity index (χ1v) is 3.04. The maximum absolute atomic E-state index is 10.9. The van der Waals surface area contributed by atoms with E-state index in [0.717, 1.165) is 4.74 Å². The number of rotatable bonds is 1. The molecule has 2 aromatic rings. The van der Waals surface area contributed by atoms with E-state index in [0.29, 0.717) is 5.82 Å². The van der Waals surface area contributed by atoms with Crippen molar-refractivity contribution in [2.45, 2.75) is 0 Å². The second kappa shape index (κ2) is 2.12. The van der Waals surface area contributed by atoms with Crippen molar-refractivity contribution in [3.05, 3.63) is 35.2 Å². The summed E-state index contributed by atoms with van der Waals surface area (Å²) in [5.74, 6) is 0.528. The first-order valence-electron chi connectivity index (χ1n) is 3.04. The molecule has 0 radical (unpaired) electrons. The topological polar surface area (TPSA) is 63.8 Å². The number of imidazole rings is 1. The molecule has 0 saturated carbocycles. The number of aromatic nitrogens is 3. The highest BCUT2D eigenvalue weighted by Crippen LogP contribution is 1.96. The van der Waals surface area contributed by atoms with Crippen molar-refractivity contribution in [1.29, 1.82) is 0 Å². The SMILES string of the molecule is O=c1ccon1-c1cnc[nH]1. The predicted octanol–water partition coefficient (Wildman–Crippen LogP) is 0.154. The normalized spacial score (nSPS) is 10.2. The van der Waals surface area contributed by atoms with E-state index in [1.807, 2.05) is 0 Å². The van der Waals surface area contributed by atoms with Crippen LogP contribution < -0.4 is 5.56 Å². The van der Waals surface area contributed by atoms with Gasteiger partial charge in [-0.15, -0.1) is 4.74 Å². The molecule has 1 N–H and O–H groups in total. The molecule has 5 heteroatoms. The number of hydrogen-bond donors (Lipinski definition) is 1. The zero-order chi connectivity index (χ0) is 7.68. The Morgan fingerprint density at radius 1 is 1.64 bits per heavy atom. The average molecular weight is 151 g/mol. The molecule has 2 rings (SSSR count). The fourth-order valence-corrected chi connectivity index (χ4v) is 0.804. The van der Waals surface area contributed by atoms with Gasteiger partial charge in [0.25, 0.3) is 5.56 Å². The molecule has 0 bridgehead atoms. The Hall–Kier alpha value is -1.78. The zero-order valence-electron chi connectivity index (χ0n) is 5.52. The standard InChI is InChI=1S/C6H5N3O2/c10-6-1-2-11-9(6)5-3-7-4-8-5/h1-4H,(H,7,8). The Bertz CT molecular complexity index is 384. The molecule has 2 heterocycles. The molecule has 0 atom stereocenters. The molecular weight excluding hydrogens is 146 g/mol. The zero-order valence-corrected chi connectivity index (χ0v) is 5.52. The van der Waals surface area contributed by atoms with Crippen molar-refractivity contribution in [3.8, 4) is 5.82 Å². The summed E-state index contributed by atoms with van der Waals surface area (Å²) in [7, 11) is 0. The Balaban J connectivity index is 2.62. The summed E-state index contributed by atoms with van der Waals surface area (Å²) in [4.78, 5) is 17.4. The first-order chi connectivity index (χ1) is 5.38. The molecule has 56 valence electrons. The Morgan fingerprint density at radius 3 is 3.09 bits per heavy atom. The molecule has 0 spiro atoms. The summed E-state index contributed by atoms with van der Waals surface area (Å²) >= 11 is 0. The lowest BCUT2D eigenvalue weighted by molar-refractivity contribution is 0.335. The number of nitrogens with one attached hydrogen (secondary N) is 1. The lowest BCUT2D eigenvalue weighted by Gasteiger charge is -1.90. The van der Waals surface area contributed by atoms with Crippen LogP contribution in [0.25, 0.3) is 5.82 Å². The van der Waals surface area contributed by atoms with Crippen LogP contribution >= 0.6 is 0 Å². The summed E-state index contributed by atoms with van der Waals surface area (Å²) < 4.78 is 5.96. The molecule has 0 saturated heterocycles. The molecule has 0 unspecified atom stereocenters. The van der Waals surface area contributed by atoms with Crippen LogP contribution in [-0.2, 0) is 0 Å². The van der Waals surface area contributed by atoms with Gasteiger partial charge >= 0.3 is 0 Å². The molecule has 0 amide bonds. The number of nitrogens with zero attached hydrogens (tertiary/aromatic N) is 2. The molecule has 11 heavy (non-hydrogen) atoms. The van der Waals surface area contributed by atoms with Gasteiger partial charge in [0.1, 0.15) is 6.26 Å². The van der Waals surface area contributed by atoms with Crippen LogP contribution in [0.3, 0.4) is 0 Å². The smallest absolute Gasteiger partial charge is 0.288 e. The Kier molecular flexibility index (Phi) is 1.15. The Morgan fingerprint density at radius 2 is 2.55 bits per heavy atom. The first kappa shape index (κ1) is 5.96. The second-order valence-corrected chi connectivity index (χ2v) is 1.98. The summed E-state index contributed by atoms with van der Waals surface area (Å²) in [6.07, 6.45) is 4.30. The van der Waals surface area contributed by atoms with E-state index >= 15 is 0 Å². The Labute approximate surface area is 61.3 Å². The van der Waals surface area contributed by atoms with Gasteiger partial charge in [-0.05, 0) is 0 Å². The fraction of sp³-hybridized carbons (Fsp3) is 0. The van der Waals surface area contributed by atoms with Gasteiger partial charge in [-0.25, -0.2) is 4.98 Å². The van der Waals surface area contributed by atoms with Gasteiger partial charge in [-0.1, -0.05) is 0 Å². The highest BCUT2D eigenvalue weighted by molar-refractivity contribution is 5.13. The molecule has 0 aliphatic heterocycles. The third-order valence-corrected chi connectivity index (χ3v) is 1.28. The van der Waals surface area contributed by atoms with Gasteiger partial charge in [-0.3, -0.25) is 4.79 Å². The van der Waals surface area contributed by atoms with Crippen molar-refractivity contribution in [2.75, 3.05) is 0 Å². The van der Waals surface area contributed by atoms with Crippen LogP contribution in [0.5, 0.6) is 0 Å². The van der Waals surface area contributed by atoms with Crippen LogP contribution in [0.15, 0.2) is 34.2 Å². The summed E-state index contributed by atoms with van der Waals surface area (Å²) in [6.45, 7) is 0. The molecular formula is C6H5N3O2. The summed E-state index contributed by atoms with van der Waals surface area (Å²) in [6, 6.07) is 1.33. The monoisotopic (exact) mass is 151 g/mol. The fourth-order valence-electron chi connectivity index (χ4n) is 0.804. The maximum Gasteiger partial charge on any atom is 0.288 e. The minimum absolute atomic E-state index is 0.214. The van der Waals surface area contributed by atoms with E-state index in [-0.39, 0.29) is 5.56 Å². The van der Waals surface area contributed by atoms with Crippen LogP contribution in [0.2, 0.25) is 0 Å². The second-order valence-electron chi connectivity index (χ2n) is 1.98. The molecule has 0 fully saturated rings. The van der Waals surface area contributed by atoms with Gasteiger partial charge < -0.3 is 9.51 Å². The molecule has 5 nitrogen and oxygen atoms in total. The third kappa shape index (κ3) is 0.861. The van der Waals surface area contributed by atoms with Crippen LogP contribution in [0.1, 0.15) is 0 Å². The lowest BCUT2D eigenvalue weighted by atomic mass is 10.7. The highest BCUT2D eigenvalue weighted by atomic mass is 16.5. The minimum atomic E-state index is -0.214. The molecule has 0 aromatic carbocycles. The summed E-state index contributed by atoms with van der Waals surface area (Å²) in [5, 5.41) is 0. The van der Waals surface area contributed by atoms with Crippen molar-refractivity contribution >= 4 is 0 Å². The van der Waals surface area contributed by atoms with E-state index in [4.69, 9.17) is 4.52 Å². The van der Waals surface area contributed by atoms with Crippen molar-refractivity contribution in [2.24, 2.45) is 0 Å². The quantitative estimate of drug-likeness (QED) is 0.631. The predicted molar refractivity (Wildman–Crippen MR) is 36.5 cm³/mol. The van der Waals surface area contributed by atoms with Crippen molar-refractivity contribution < 1.29 is 4.52 Å². The largest absolute Gasteiger partial charge is 0.378 e. The molecule has 0 aliphatic carbocycles. The van der Waals surface area contributed by atoms with Crippen LogP contribution in [0.4, 0.5) is 0 Å². The van der Waals surface area contributed by atoms with Gasteiger partial charge in [0.2, 0.25) is 0 Å². The number of H-pyrrole nitrogens is 1. The number of aromatic amines is 1. The summed E-state index contributed by atoms with van der Waals surface area (Å²) in [5.41, 5.74) is -0.214. The van der Waals surface area contributed by atoms with Crippen LogP contribution in [-0.4, -0.2) is 14.7 Å². The van der Waals surface area contributed by atoms with Gasteiger partial charge in [0, 0.05) is 6.07 Å². The van der Waals surface area contributed by atoms with Crippen molar-refractivity contribution in [1.82, 2.24) is 14.7 Å². The van der Waals surface area contributed by atoms with Gasteiger partial charge in [0.05, 0.1) is 12.5 Å².